The van der Waals surface area contributed by atoms with Crippen molar-refractivity contribution in [3.8, 4) is 0 Å². The molecular formula is C17H28N2O3. The van der Waals surface area contributed by atoms with Crippen LogP contribution in [0.1, 0.15) is 64.2 Å². The molecule has 5 nitrogen and oxygen atoms in total. The van der Waals surface area contributed by atoms with E-state index in [1.165, 1.54) is 25.7 Å². The number of amides is 2. The first-order valence-corrected chi connectivity index (χ1v) is 8.86. The van der Waals surface area contributed by atoms with Crippen molar-refractivity contribution in [3.63, 3.8) is 0 Å². The number of carbonyl (C=O) groups is 2. The van der Waals surface area contributed by atoms with E-state index in [9.17, 15) is 9.59 Å². The summed E-state index contributed by atoms with van der Waals surface area (Å²) in [4.78, 5) is 25.3. The molecule has 2 saturated carbocycles. The number of carbonyl (C=O) groups excluding carboxylic acids is 1. The molecule has 1 spiro atoms. The van der Waals surface area contributed by atoms with Gasteiger partial charge in [-0.3, -0.25) is 4.79 Å². The summed E-state index contributed by atoms with van der Waals surface area (Å²) in [5, 5.41) is 12.1. The molecule has 0 atom stereocenters. The smallest absolute Gasteiger partial charge is 0.317 e. The predicted octanol–water partition coefficient (Wildman–Crippen LogP) is 3.00. The Bertz CT molecular complexity index is 414. The third-order valence-electron chi connectivity index (χ3n) is 6.18. The Labute approximate surface area is 132 Å². The van der Waals surface area contributed by atoms with Gasteiger partial charge in [-0.2, -0.15) is 0 Å². The summed E-state index contributed by atoms with van der Waals surface area (Å²) in [5.41, 5.74) is 0.538. The van der Waals surface area contributed by atoms with E-state index in [1.807, 2.05) is 4.90 Å². The van der Waals surface area contributed by atoms with E-state index in [1.54, 1.807) is 0 Å². The van der Waals surface area contributed by atoms with Crippen molar-refractivity contribution in [2.45, 2.75) is 70.3 Å². The van der Waals surface area contributed by atoms with Gasteiger partial charge >= 0.3 is 12.0 Å². The number of urea groups is 1. The van der Waals surface area contributed by atoms with Crippen LogP contribution in [0, 0.1) is 11.3 Å². The molecule has 0 radical (unpaired) electrons. The Morgan fingerprint density at radius 2 is 1.55 bits per heavy atom. The van der Waals surface area contributed by atoms with Crippen LogP contribution < -0.4 is 5.32 Å². The second-order valence-electron chi connectivity index (χ2n) is 7.53. The van der Waals surface area contributed by atoms with Gasteiger partial charge in [-0.05, 0) is 56.8 Å². The fraction of sp³-hybridized carbons (Fsp3) is 0.882. The molecule has 2 aliphatic carbocycles. The number of nitrogens with zero attached hydrogens (tertiary/aromatic N) is 1. The molecular weight excluding hydrogens is 280 g/mol. The third kappa shape index (κ3) is 3.39. The number of rotatable bonds is 2. The minimum absolute atomic E-state index is 0.0617. The highest BCUT2D eigenvalue weighted by molar-refractivity contribution is 5.75. The lowest BCUT2D eigenvalue weighted by atomic mass is 9.77. The molecule has 0 bridgehead atoms. The van der Waals surface area contributed by atoms with E-state index in [4.69, 9.17) is 5.11 Å². The van der Waals surface area contributed by atoms with E-state index in [-0.39, 0.29) is 18.0 Å². The average molecular weight is 308 g/mol. The largest absolute Gasteiger partial charge is 0.481 e. The number of nitrogens with one attached hydrogen (secondary N) is 1. The molecule has 5 heteroatoms. The van der Waals surface area contributed by atoms with Gasteiger partial charge in [-0.1, -0.05) is 12.8 Å². The van der Waals surface area contributed by atoms with E-state index in [2.05, 4.69) is 5.32 Å². The number of piperidine rings is 1. The van der Waals surface area contributed by atoms with E-state index >= 15 is 0 Å². The molecule has 1 aliphatic heterocycles. The normalized spacial score (nSPS) is 31.2. The summed E-state index contributed by atoms with van der Waals surface area (Å²) < 4.78 is 0. The van der Waals surface area contributed by atoms with Crippen LogP contribution in [-0.2, 0) is 4.79 Å². The number of hydrogen-bond donors (Lipinski definition) is 2. The van der Waals surface area contributed by atoms with Gasteiger partial charge in [-0.25, -0.2) is 4.79 Å². The monoisotopic (exact) mass is 308 g/mol. The highest BCUT2D eigenvalue weighted by atomic mass is 16.4. The first kappa shape index (κ1) is 15.6. The molecule has 1 heterocycles. The number of aliphatic carboxylic acids is 1. The van der Waals surface area contributed by atoms with Crippen LogP contribution in [-0.4, -0.2) is 41.1 Å². The minimum Gasteiger partial charge on any atom is -0.481 e. The first-order chi connectivity index (χ1) is 10.6. The maximum Gasteiger partial charge on any atom is 0.317 e. The first-order valence-electron chi connectivity index (χ1n) is 8.86. The quantitative estimate of drug-likeness (QED) is 0.824. The zero-order valence-electron chi connectivity index (χ0n) is 13.4. The summed E-state index contributed by atoms with van der Waals surface area (Å²) >= 11 is 0. The van der Waals surface area contributed by atoms with Crippen LogP contribution in [0.25, 0.3) is 0 Å². The van der Waals surface area contributed by atoms with Gasteiger partial charge in [0.05, 0.1) is 5.92 Å². The summed E-state index contributed by atoms with van der Waals surface area (Å²) in [7, 11) is 0. The Balaban J connectivity index is 1.42. The topological polar surface area (TPSA) is 69.6 Å². The van der Waals surface area contributed by atoms with Crippen LogP contribution in [0.4, 0.5) is 4.79 Å². The molecule has 0 aromatic rings. The molecule has 3 aliphatic rings. The molecule has 2 N–H and O–H groups in total. The van der Waals surface area contributed by atoms with Gasteiger partial charge in [0.15, 0.2) is 0 Å². The van der Waals surface area contributed by atoms with E-state index in [0.29, 0.717) is 18.3 Å². The molecule has 1 saturated heterocycles. The summed E-state index contributed by atoms with van der Waals surface area (Å²) in [6, 6.07) is 0.220. The fourth-order valence-corrected chi connectivity index (χ4v) is 4.56. The Morgan fingerprint density at radius 3 is 2.09 bits per heavy atom. The second-order valence-corrected chi connectivity index (χ2v) is 7.53. The molecule has 0 aromatic carbocycles. The van der Waals surface area contributed by atoms with E-state index < -0.39 is 5.97 Å². The van der Waals surface area contributed by atoms with Crippen molar-refractivity contribution < 1.29 is 14.7 Å². The number of hydrogen-bond acceptors (Lipinski definition) is 2. The van der Waals surface area contributed by atoms with Gasteiger partial charge in [0, 0.05) is 19.1 Å². The number of carboxylic acids is 1. The standard InChI is InChI=1S/C17H28N2O3/c20-15(21)13-3-5-14(6-4-13)18-16(22)19-11-9-17(10-12-19)7-1-2-8-17/h13-14H,1-12H2,(H,18,22)(H,20,21). The molecule has 2 amide bonds. The van der Waals surface area contributed by atoms with Gasteiger partial charge in [0.25, 0.3) is 0 Å². The minimum atomic E-state index is -0.692. The summed E-state index contributed by atoms with van der Waals surface area (Å²) in [6.07, 6.45) is 10.7. The fourth-order valence-electron chi connectivity index (χ4n) is 4.56. The maximum atomic E-state index is 12.4. The SMILES string of the molecule is O=C(O)C1CCC(NC(=O)N2CCC3(CCCC3)CC2)CC1. The van der Waals surface area contributed by atoms with Gasteiger partial charge in [0.2, 0.25) is 0 Å². The molecule has 0 unspecified atom stereocenters. The zero-order chi connectivity index (χ0) is 15.6. The summed E-state index contributed by atoms with van der Waals surface area (Å²) in [6.45, 7) is 1.77. The Morgan fingerprint density at radius 1 is 0.955 bits per heavy atom. The van der Waals surface area contributed by atoms with Crippen molar-refractivity contribution in [1.29, 1.82) is 0 Å². The second kappa shape index (κ2) is 6.47. The van der Waals surface area contributed by atoms with Gasteiger partial charge in [-0.15, -0.1) is 0 Å². The van der Waals surface area contributed by atoms with Crippen LogP contribution in [0.15, 0.2) is 0 Å². The van der Waals surface area contributed by atoms with Crippen molar-refractivity contribution >= 4 is 12.0 Å². The lowest BCUT2D eigenvalue weighted by molar-refractivity contribution is -0.142. The highest BCUT2D eigenvalue weighted by Crippen LogP contribution is 2.46. The van der Waals surface area contributed by atoms with Crippen molar-refractivity contribution in [2.24, 2.45) is 11.3 Å². The predicted molar refractivity (Wildman–Crippen MR) is 83.6 cm³/mol. The third-order valence-corrected chi connectivity index (χ3v) is 6.18. The molecule has 124 valence electrons. The lowest BCUT2D eigenvalue weighted by Gasteiger charge is -2.40. The molecule has 0 aromatic heterocycles. The molecule has 3 rings (SSSR count). The van der Waals surface area contributed by atoms with Crippen LogP contribution in [0.5, 0.6) is 0 Å². The van der Waals surface area contributed by atoms with Crippen LogP contribution >= 0.6 is 0 Å². The van der Waals surface area contributed by atoms with Crippen molar-refractivity contribution in [1.82, 2.24) is 10.2 Å². The zero-order valence-corrected chi connectivity index (χ0v) is 13.4. The summed E-state index contributed by atoms with van der Waals surface area (Å²) in [5.74, 6) is -0.909. The van der Waals surface area contributed by atoms with Crippen molar-refractivity contribution in [2.75, 3.05) is 13.1 Å². The Hall–Kier alpha value is -1.26. The average Bonchev–Trinajstić information content (AvgIpc) is 2.96. The Kier molecular flexibility index (Phi) is 4.59. The van der Waals surface area contributed by atoms with Gasteiger partial charge < -0.3 is 15.3 Å². The van der Waals surface area contributed by atoms with E-state index in [0.717, 1.165) is 38.8 Å². The lowest BCUT2D eigenvalue weighted by Crippen LogP contribution is -2.50. The molecule has 22 heavy (non-hydrogen) atoms. The van der Waals surface area contributed by atoms with Gasteiger partial charge in [0.1, 0.15) is 0 Å². The molecule has 3 fully saturated rings. The van der Waals surface area contributed by atoms with Crippen molar-refractivity contribution in [3.05, 3.63) is 0 Å². The van der Waals surface area contributed by atoms with Crippen LogP contribution in [0.2, 0.25) is 0 Å². The number of carboxylic acid groups (broad SMARTS) is 1. The van der Waals surface area contributed by atoms with Crippen LogP contribution in [0.3, 0.4) is 0 Å². The highest BCUT2D eigenvalue weighted by Gasteiger charge is 2.38. The maximum absolute atomic E-state index is 12.4. The number of likely N-dealkylation sites (tertiary alicyclic amines) is 1.